The number of hydrogen-bond donors (Lipinski definition) is 1. The molecule has 0 fully saturated rings. The Hall–Kier alpha value is 0.0500. The van der Waals surface area contributed by atoms with Crippen molar-refractivity contribution < 1.29 is 4.79 Å². The van der Waals surface area contributed by atoms with Gasteiger partial charge in [-0.1, -0.05) is 114 Å². The average Bonchev–Trinajstić information content (AvgIpc) is 2.47. The van der Waals surface area contributed by atoms with Crippen LogP contribution < -0.4 is 5.73 Å². The Bertz CT molecular complexity index is 270. The van der Waals surface area contributed by atoms with E-state index in [4.69, 9.17) is 28.9 Å². The molecule has 22 heavy (non-hydrogen) atoms. The van der Waals surface area contributed by atoms with Crippen LogP contribution in [-0.2, 0) is 4.79 Å². The Morgan fingerprint density at radius 1 is 0.727 bits per heavy atom. The average molecular weight is 352 g/mol. The van der Waals surface area contributed by atoms with E-state index in [1.54, 1.807) is 0 Å². The molecule has 0 aliphatic heterocycles. The predicted octanol–water partition coefficient (Wildman–Crippen LogP) is 6.52. The lowest BCUT2D eigenvalue weighted by molar-refractivity contribution is -0.118. The molecule has 0 spiro atoms. The lowest BCUT2D eigenvalue weighted by Gasteiger charge is -2.14. The van der Waals surface area contributed by atoms with Crippen LogP contribution in [0.2, 0.25) is 0 Å². The quantitative estimate of drug-likeness (QED) is 0.249. The van der Waals surface area contributed by atoms with E-state index in [0.29, 0.717) is 6.42 Å². The molecule has 0 heterocycles. The topological polar surface area (TPSA) is 43.1 Å². The van der Waals surface area contributed by atoms with E-state index in [0.717, 1.165) is 12.8 Å². The van der Waals surface area contributed by atoms with Crippen LogP contribution in [0.4, 0.5) is 0 Å². The molecule has 4 heteroatoms. The summed E-state index contributed by atoms with van der Waals surface area (Å²) in [7, 11) is 0. The first-order valence-corrected chi connectivity index (χ1v) is 9.94. The lowest BCUT2D eigenvalue weighted by atomic mass is 10.0. The highest BCUT2D eigenvalue weighted by Crippen LogP contribution is 2.27. The maximum absolute atomic E-state index is 10.9. The molecule has 0 saturated heterocycles. The van der Waals surface area contributed by atoms with Gasteiger partial charge < -0.3 is 5.73 Å². The van der Waals surface area contributed by atoms with Gasteiger partial charge in [0.15, 0.2) is 4.33 Å². The SMILES string of the molecule is CCCCCCCCCCCCCCCCC(Cl)(Cl)C(N)=O. The van der Waals surface area contributed by atoms with E-state index >= 15 is 0 Å². The van der Waals surface area contributed by atoms with E-state index in [-0.39, 0.29) is 0 Å². The summed E-state index contributed by atoms with van der Waals surface area (Å²) in [4.78, 5) is 10.9. The smallest absolute Gasteiger partial charge is 0.253 e. The molecule has 0 aromatic rings. The molecule has 0 saturated carbocycles. The Labute approximate surface area is 147 Å². The van der Waals surface area contributed by atoms with Crippen molar-refractivity contribution in [1.29, 1.82) is 0 Å². The third kappa shape index (κ3) is 13.7. The van der Waals surface area contributed by atoms with E-state index in [9.17, 15) is 4.79 Å². The Kier molecular flexibility index (Phi) is 14.7. The predicted molar refractivity (Wildman–Crippen MR) is 98.6 cm³/mol. The van der Waals surface area contributed by atoms with Crippen molar-refractivity contribution in [3.8, 4) is 0 Å². The summed E-state index contributed by atoms with van der Waals surface area (Å²) >= 11 is 11.6. The zero-order valence-corrected chi connectivity index (χ0v) is 15.9. The Morgan fingerprint density at radius 2 is 1.05 bits per heavy atom. The molecule has 0 aliphatic rings. The molecule has 0 atom stereocenters. The number of hydrogen-bond acceptors (Lipinski definition) is 1. The highest BCUT2D eigenvalue weighted by molar-refractivity contribution is 6.57. The van der Waals surface area contributed by atoms with Gasteiger partial charge in [-0.05, 0) is 12.8 Å². The van der Waals surface area contributed by atoms with Gasteiger partial charge in [0, 0.05) is 0 Å². The minimum Gasteiger partial charge on any atom is -0.367 e. The number of alkyl halides is 2. The first-order chi connectivity index (χ1) is 10.5. The number of carbonyl (C=O) groups excluding carboxylic acids is 1. The lowest BCUT2D eigenvalue weighted by Crippen LogP contribution is -2.33. The van der Waals surface area contributed by atoms with Crippen molar-refractivity contribution in [2.24, 2.45) is 5.73 Å². The van der Waals surface area contributed by atoms with Crippen molar-refractivity contribution in [3.05, 3.63) is 0 Å². The van der Waals surface area contributed by atoms with Crippen LogP contribution in [-0.4, -0.2) is 10.2 Å². The normalized spacial score (nSPS) is 11.8. The van der Waals surface area contributed by atoms with Crippen LogP contribution in [0.15, 0.2) is 0 Å². The number of primary amides is 1. The number of nitrogens with two attached hydrogens (primary N) is 1. The summed E-state index contributed by atoms with van der Waals surface area (Å²) in [5.41, 5.74) is 5.12. The van der Waals surface area contributed by atoms with Gasteiger partial charge in [-0.25, -0.2) is 0 Å². The summed E-state index contributed by atoms with van der Waals surface area (Å²) in [6.45, 7) is 2.26. The van der Waals surface area contributed by atoms with Crippen LogP contribution in [0, 0.1) is 0 Å². The summed E-state index contributed by atoms with van der Waals surface area (Å²) in [6.07, 6.45) is 18.7. The number of amides is 1. The second kappa shape index (κ2) is 14.6. The monoisotopic (exact) mass is 351 g/mol. The van der Waals surface area contributed by atoms with Gasteiger partial charge in [-0.3, -0.25) is 4.79 Å². The fraction of sp³-hybridized carbons (Fsp3) is 0.944. The minimum atomic E-state index is -1.38. The van der Waals surface area contributed by atoms with Crippen LogP contribution in [0.3, 0.4) is 0 Å². The van der Waals surface area contributed by atoms with Gasteiger partial charge in [-0.2, -0.15) is 0 Å². The molecule has 0 aromatic heterocycles. The van der Waals surface area contributed by atoms with Crippen LogP contribution in [0.25, 0.3) is 0 Å². The van der Waals surface area contributed by atoms with Crippen molar-refractivity contribution >= 4 is 29.1 Å². The van der Waals surface area contributed by atoms with Gasteiger partial charge in [0.25, 0.3) is 5.91 Å². The number of unbranched alkanes of at least 4 members (excludes halogenated alkanes) is 13. The molecule has 132 valence electrons. The standard InChI is InChI=1S/C18H35Cl2NO/c1-2-3-4-5-6-7-8-9-10-11-12-13-14-15-16-18(19,20)17(21)22/h2-16H2,1H3,(H2,21,22). The van der Waals surface area contributed by atoms with Crippen molar-refractivity contribution in [2.45, 2.75) is 108 Å². The molecule has 0 radical (unpaired) electrons. The first kappa shape index (κ1) is 22.1. The molecular weight excluding hydrogens is 317 g/mol. The fourth-order valence-electron chi connectivity index (χ4n) is 2.66. The molecule has 0 unspecified atom stereocenters. The largest absolute Gasteiger partial charge is 0.367 e. The molecule has 2 N–H and O–H groups in total. The maximum Gasteiger partial charge on any atom is 0.253 e. The second-order valence-corrected chi connectivity index (χ2v) is 7.90. The highest BCUT2D eigenvalue weighted by atomic mass is 35.5. The molecule has 1 amide bonds. The first-order valence-electron chi connectivity index (χ1n) is 9.18. The molecule has 0 rings (SSSR count). The van der Waals surface area contributed by atoms with Crippen molar-refractivity contribution in [2.75, 3.05) is 0 Å². The highest BCUT2D eigenvalue weighted by Gasteiger charge is 2.30. The summed E-state index contributed by atoms with van der Waals surface area (Å²) in [5, 5.41) is 0. The summed E-state index contributed by atoms with van der Waals surface area (Å²) in [5.74, 6) is -0.634. The Balaban J connectivity index is 3.16. The third-order valence-corrected chi connectivity index (χ3v) is 4.96. The fourth-order valence-corrected chi connectivity index (χ4v) is 2.93. The van der Waals surface area contributed by atoms with Crippen LogP contribution >= 0.6 is 23.2 Å². The van der Waals surface area contributed by atoms with E-state index in [2.05, 4.69) is 6.92 Å². The van der Waals surface area contributed by atoms with Crippen LogP contribution in [0.1, 0.15) is 103 Å². The third-order valence-electron chi connectivity index (χ3n) is 4.20. The molecule has 0 aromatic carbocycles. The second-order valence-electron chi connectivity index (χ2n) is 6.41. The van der Waals surface area contributed by atoms with Gasteiger partial charge in [0.05, 0.1) is 0 Å². The molecule has 0 bridgehead atoms. The number of carbonyl (C=O) groups is 1. The van der Waals surface area contributed by atoms with Gasteiger partial charge in [0.1, 0.15) is 0 Å². The molecular formula is C18H35Cl2NO. The minimum absolute atomic E-state index is 0.462. The maximum atomic E-state index is 10.9. The number of halogens is 2. The van der Waals surface area contributed by atoms with Crippen molar-refractivity contribution in [1.82, 2.24) is 0 Å². The van der Waals surface area contributed by atoms with E-state index in [1.165, 1.54) is 77.0 Å². The van der Waals surface area contributed by atoms with Crippen LogP contribution in [0.5, 0.6) is 0 Å². The molecule has 2 nitrogen and oxygen atoms in total. The summed E-state index contributed by atoms with van der Waals surface area (Å²) in [6, 6.07) is 0. The van der Waals surface area contributed by atoms with Gasteiger partial charge >= 0.3 is 0 Å². The van der Waals surface area contributed by atoms with Gasteiger partial charge in [0.2, 0.25) is 0 Å². The zero-order valence-electron chi connectivity index (χ0n) is 14.3. The zero-order chi connectivity index (χ0) is 16.7. The van der Waals surface area contributed by atoms with Crippen molar-refractivity contribution in [3.63, 3.8) is 0 Å². The Morgan fingerprint density at radius 3 is 1.36 bits per heavy atom. The van der Waals surface area contributed by atoms with E-state index in [1.807, 2.05) is 0 Å². The molecule has 0 aliphatic carbocycles. The summed E-state index contributed by atoms with van der Waals surface area (Å²) < 4.78 is -1.38. The van der Waals surface area contributed by atoms with E-state index < -0.39 is 10.2 Å². The number of rotatable bonds is 16. The van der Waals surface area contributed by atoms with Gasteiger partial charge in [-0.15, -0.1) is 0 Å².